The van der Waals surface area contributed by atoms with Crippen LogP contribution in [0.3, 0.4) is 0 Å². The van der Waals surface area contributed by atoms with Crippen LogP contribution < -0.4 is 0 Å². The lowest BCUT2D eigenvalue weighted by Gasteiger charge is -2.04. The topological polar surface area (TPSA) is 55.1 Å². The predicted octanol–water partition coefficient (Wildman–Crippen LogP) is 3.07. The van der Waals surface area contributed by atoms with Crippen molar-refractivity contribution in [1.29, 1.82) is 0 Å². The number of benzene rings is 1. The van der Waals surface area contributed by atoms with Gasteiger partial charge in [-0.3, -0.25) is 4.79 Å². The number of nitrogens with zero attached hydrogens (tertiary/aromatic N) is 2. The van der Waals surface area contributed by atoms with Gasteiger partial charge in [-0.05, 0) is 37.0 Å². The lowest BCUT2D eigenvalue weighted by Crippen LogP contribution is -2.01. The van der Waals surface area contributed by atoms with Gasteiger partial charge in [-0.25, -0.2) is 4.68 Å². The minimum Gasteiger partial charge on any atom is -0.481 e. The summed E-state index contributed by atoms with van der Waals surface area (Å²) in [6.07, 6.45) is 3.58. The van der Waals surface area contributed by atoms with Crippen LogP contribution in [-0.4, -0.2) is 26.6 Å². The zero-order chi connectivity index (χ0) is 14.7. The van der Waals surface area contributed by atoms with Crippen molar-refractivity contribution in [2.24, 2.45) is 0 Å². The Morgan fingerprint density at radius 1 is 1.29 bits per heavy atom. The number of hydrogen-bond acceptors (Lipinski definition) is 3. The zero-order valence-corrected chi connectivity index (χ0v) is 12.6. The number of carboxylic acids is 1. The Balaban J connectivity index is 1.78. The van der Waals surface area contributed by atoms with E-state index < -0.39 is 5.97 Å². The molecule has 1 heterocycles. The normalized spacial score (nSPS) is 13.3. The quantitative estimate of drug-likeness (QED) is 0.833. The largest absolute Gasteiger partial charge is 0.481 e. The first kappa shape index (κ1) is 14.2. The molecule has 1 aromatic heterocycles. The first-order valence-corrected chi connectivity index (χ1v) is 8.36. The molecule has 0 aliphatic heterocycles. The Morgan fingerprint density at radius 2 is 2.10 bits per heavy atom. The van der Waals surface area contributed by atoms with E-state index in [2.05, 4.69) is 16.8 Å². The van der Waals surface area contributed by atoms with Gasteiger partial charge in [0.1, 0.15) is 0 Å². The van der Waals surface area contributed by atoms with E-state index in [1.54, 1.807) is 11.8 Å². The lowest BCUT2D eigenvalue weighted by atomic mass is 10.2. The molecule has 0 atom stereocenters. The van der Waals surface area contributed by atoms with E-state index in [4.69, 9.17) is 10.2 Å². The Kier molecular flexibility index (Phi) is 4.29. The average Bonchev–Trinajstić information content (AvgIpc) is 3.07. The minimum atomic E-state index is -0.734. The van der Waals surface area contributed by atoms with Crippen molar-refractivity contribution in [3.63, 3.8) is 0 Å². The zero-order valence-electron chi connectivity index (χ0n) is 11.8. The molecule has 0 amide bonds. The molecule has 0 spiro atoms. The SMILES string of the molecule is O=C(O)CCSCc1nn(-c2ccccc2)c2c1CCC2. The number of hydrogen-bond donors (Lipinski definition) is 1. The summed E-state index contributed by atoms with van der Waals surface area (Å²) in [6.45, 7) is 0. The molecule has 0 radical (unpaired) electrons. The Hall–Kier alpha value is -1.75. The molecule has 1 N–H and O–H groups in total. The van der Waals surface area contributed by atoms with Crippen LogP contribution in [0, 0.1) is 0 Å². The number of aromatic nitrogens is 2. The van der Waals surface area contributed by atoms with Crippen LogP contribution in [0.1, 0.15) is 29.8 Å². The number of thioether (sulfide) groups is 1. The van der Waals surface area contributed by atoms with Gasteiger partial charge in [0.15, 0.2) is 0 Å². The van der Waals surface area contributed by atoms with Gasteiger partial charge in [0, 0.05) is 17.2 Å². The molecule has 4 nitrogen and oxygen atoms in total. The summed E-state index contributed by atoms with van der Waals surface area (Å²) in [5.74, 6) is 0.708. The van der Waals surface area contributed by atoms with Gasteiger partial charge in [-0.1, -0.05) is 18.2 Å². The molecule has 0 bridgehead atoms. The second-order valence-corrected chi connectivity index (χ2v) is 6.27. The summed E-state index contributed by atoms with van der Waals surface area (Å²) in [7, 11) is 0. The third kappa shape index (κ3) is 3.13. The summed E-state index contributed by atoms with van der Waals surface area (Å²) in [5, 5.41) is 13.5. The number of carbonyl (C=O) groups is 1. The standard InChI is InChI=1S/C16H18N2O2S/c19-16(20)9-10-21-11-14-13-7-4-8-15(13)18(17-14)12-5-2-1-3-6-12/h1-3,5-6H,4,7-11H2,(H,19,20). The molecule has 0 saturated carbocycles. The van der Waals surface area contributed by atoms with Gasteiger partial charge in [-0.2, -0.15) is 16.9 Å². The average molecular weight is 302 g/mol. The molecule has 5 heteroatoms. The van der Waals surface area contributed by atoms with E-state index in [0.29, 0.717) is 5.75 Å². The maximum Gasteiger partial charge on any atom is 0.304 e. The summed E-state index contributed by atoms with van der Waals surface area (Å²) < 4.78 is 2.06. The molecular formula is C16H18N2O2S. The van der Waals surface area contributed by atoms with Gasteiger partial charge < -0.3 is 5.11 Å². The molecule has 1 aliphatic carbocycles. The smallest absolute Gasteiger partial charge is 0.304 e. The maximum atomic E-state index is 10.6. The number of rotatable bonds is 6. The lowest BCUT2D eigenvalue weighted by molar-refractivity contribution is -0.136. The van der Waals surface area contributed by atoms with Crippen LogP contribution in [0.2, 0.25) is 0 Å². The molecule has 0 saturated heterocycles. The van der Waals surface area contributed by atoms with E-state index in [1.165, 1.54) is 17.7 Å². The van der Waals surface area contributed by atoms with Gasteiger partial charge in [0.2, 0.25) is 0 Å². The minimum absolute atomic E-state index is 0.215. The van der Waals surface area contributed by atoms with Crippen LogP contribution in [-0.2, 0) is 23.4 Å². The van der Waals surface area contributed by atoms with Crippen molar-refractivity contribution in [1.82, 2.24) is 9.78 Å². The highest BCUT2D eigenvalue weighted by Gasteiger charge is 2.22. The van der Waals surface area contributed by atoms with Gasteiger partial charge in [0.25, 0.3) is 0 Å². The molecule has 21 heavy (non-hydrogen) atoms. The highest BCUT2D eigenvalue weighted by molar-refractivity contribution is 7.98. The molecule has 3 rings (SSSR count). The summed E-state index contributed by atoms with van der Waals surface area (Å²) in [6, 6.07) is 10.2. The highest BCUT2D eigenvalue weighted by atomic mass is 32.2. The van der Waals surface area contributed by atoms with Gasteiger partial charge >= 0.3 is 5.97 Å². The van der Waals surface area contributed by atoms with E-state index in [1.807, 2.05) is 18.2 Å². The predicted molar refractivity (Wildman–Crippen MR) is 84.0 cm³/mol. The van der Waals surface area contributed by atoms with Crippen molar-refractivity contribution >= 4 is 17.7 Å². The first-order chi connectivity index (χ1) is 10.3. The molecule has 0 unspecified atom stereocenters. The summed E-state index contributed by atoms with van der Waals surface area (Å²) >= 11 is 1.65. The van der Waals surface area contributed by atoms with Crippen molar-refractivity contribution in [3.05, 3.63) is 47.3 Å². The van der Waals surface area contributed by atoms with E-state index >= 15 is 0 Å². The maximum absolute atomic E-state index is 10.6. The van der Waals surface area contributed by atoms with Gasteiger partial charge in [-0.15, -0.1) is 0 Å². The monoisotopic (exact) mass is 302 g/mol. The van der Waals surface area contributed by atoms with E-state index in [9.17, 15) is 4.79 Å². The molecule has 2 aromatic rings. The Labute approximate surface area is 128 Å². The fraction of sp³-hybridized carbons (Fsp3) is 0.375. The van der Waals surface area contributed by atoms with Crippen molar-refractivity contribution < 1.29 is 9.90 Å². The molecule has 1 aromatic carbocycles. The Morgan fingerprint density at radius 3 is 2.86 bits per heavy atom. The van der Waals surface area contributed by atoms with Crippen LogP contribution in [0.25, 0.3) is 5.69 Å². The second kappa shape index (κ2) is 6.35. The molecule has 0 fully saturated rings. The van der Waals surface area contributed by atoms with Crippen LogP contribution >= 0.6 is 11.8 Å². The fourth-order valence-corrected chi connectivity index (χ4v) is 3.63. The summed E-state index contributed by atoms with van der Waals surface area (Å²) in [4.78, 5) is 10.6. The van der Waals surface area contributed by atoms with Crippen molar-refractivity contribution in [2.75, 3.05) is 5.75 Å². The van der Waals surface area contributed by atoms with Crippen LogP contribution in [0.15, 0.2) is 30.3 Å². The van der Waals surface area contributed by atoms with Crippen molar-refractivity contribution in [3.8, 4) is 5.69 Å². The third-order valence-electron chi connectivity index (χ3n) is 3.71. The first-order valence-electron chi connectivity index (χ1n) is 7.20. The molecular weight excluding hydrogens is 284 g/mol. The Bertz CT molecular complexity index is 637. The fourth-order valence-electron chi connectivity index (χ4n) is 2.74. The highest BCUT2D eigenvalue weighted by Crippen LogP contribution is 2.29. The number of aliphatic carboxylic acids is 1. The summed E-state index contributed by atoms with van der Waals surface area (Å²) in [5.41, 5.74) is 4.94. The number of carboxylic acid groups (broad SMARTS) is 1. The van der Waals surface area contributed by atoms with Crippen LogP contribution in [0.5, 0.6) is 0 Å². The van der Waals surface area contributed by atoms with Crippen LogP contribution in [0.4, 0.5) is 0 Å². The second-order valence-electron chi connectivity index (χ2n) is 5.17. The van der Waals surface area contributed by atoms with E-state index in [0.717, 1.165) is 30.0 Å². The van der Waals surface area contributed by atoms with E-state index in [-0.39, 0.29) is 6.42 Å². The van der Waals surface area contributed by atoms with Crippen molar-refractivity contribution in [2.45, 2.75) is 31.4 Å². The molecule has 1 aliphatic rings. The number of fused-ring (bicyclic) bond motifs is 1. The molecule has 110 valence electrons. The third-order valence-corrected chi connectivity index (χ3v) is 4.68. The number of para-hydroxylation sites is 1. The van der Waals surface area contributed by atoms with Gasteiger partial charge in [0.05, 0.1) is 17.8 Å².